The Kier molecular flexibility index (Phi) is 28.9. The lowest BCUT2D eigenvalue weighted by atomic mass is 9.89. The molecule has 10 rings (SSSR count). The lowest BCUT2D eigenvalue weighted by Crippen LogP contribution is -2.20. The van der Waals surface area contributed by atoms with Crippen LogP contribution >= 0.6 is 0 Å². The van der Waals surface area contributed by atoms with Crippen LogP contribution < -0.4 is 20.7 Å². The van der Waals surface area contributed by atoms with Gasteiger partial charge in [0, 0.05) is 94.7 Å². The second-order valence-electron chi connectivity index (χ2n) is 27.4. The third kappa shape index (κ3) is 24.2. The summed E-state index contributed by atoms with van der Waals surface area (Å²) in [6.45, 7) is 24.2. The molecule has 552 valence electrons. The van der Waals surface area contributed by atoms with Crippen molar-refractivity contribution in [1.82, 2.24) is 33.1 Å². The van der Waals surface area contributed by atoms with Crippen LogP contribution in [0.4, 0.5) is 17.1 Å². The van der Waals surface area contributed by atoms with Crippen molar-refractivity contribution in [2.75, 3.05) is 122 Å². The number of aromatic amines is 1. The number of carbonyl (C=O) groups excluding carboxylic acids is 7. The molecule has 5 N–H and O–H groups in total. The molecule has 7 heterocycles. The SMILES string of the molecule is CC(C)(C)C(=O)c1cn2cc(NC(=O)c3ccc(NC(=O)COCCOCCOCCO)cc3)ccc2n1.COCCOCCOCCOCCOc1ccc2[nH]c(C(=O)Nc3ccc4nc(C(=O)C(C)(C)C)cn4c3)cc2c1.Cc1ccc(C(=O)Cc2ccc3nc(C(=O)C(C)(C)C)cn3c2)cc1. The number of pyridine rings is 3. The van der Waals surface area contributed by atoms with Crippen molar-refractivity contribution in [3.8, 4) is 5.75 Å². The summed E-state index contributed by atoms with van der Waals surface area (Å²) < 4.78 is 47.9. The Morgan fingerprint density at radius 2 is 0.894 bits per heavy atom. The molecule has 0 aliphatic rings. The summed E-state index contributed by atoms with van der Waals surface area (Å²) in [5.41, 5.74) is 7.66. The Balaban J connectivity index is 0.000000203. The van der Waals surface area contributed by atoms with E-state index in [1.165, 1.54) is 0 Å². The number of ether oxygens (including phenoxy) is 8. The van der Waals surface area contributed by atoms with Gasteiger partial charge in [-0.3, -0.25) is 33.6 Å². The Morgan fingerprint density at radius 1 is 0.452 bits per heavy atom. The van der Waals surface area contributed by atoms with E-state index in [4.69, 9.17) is 43.0 Å². The Bertz CT molecular complexity index is 4530. The van der Waals surface area contributed by atoms with E-state index in [1.54, 1.807) is 101 Å². The minimum absolute atomic E-state index is 0.00785. The number of nitrogens with one attached hydrogen (secondary N) is 4. The van der Waals surface area contributed by atoms with Crippen molar-refractivity contribution in [2.45, 2.75) is 75.7 Å². The lowest BCUT2D eigenvalue weighted by Gasteiger charge is -2.13. The lowest BCUT2D eigenvalue weighted by molar-refractivity contribution is -0.121. The molecule has 0 fully saturated rings. The zero-order valence-corrected chi connectivity index (χ0v) is 60.9. The first-order chi connectivity index (χ1) is 49.6. The normalized spacial score (nSPS) is 11.7. The van der Waals surface area contributed by atoms with E-state index in [9.17, 15) is 33.6 Å². The third-order valence-electron chi connectivity index (χ3n) is 15.6. The van der Waals surface area contributed by atoms with Crippen molar-refractivity contribution >= 4 is 85.8 Å². The molecule has 0 bridgehead atoms. The zero-order valence-electron chi connectivity index (χ0n) is 60.9. The van der Waals surface area contributed by atoms with E-state index in [1.807, 2.05) is 134 Å². The number of fused-ring (bicyclic) bond motifs is 4. The van der Waals surface area contributed by atoms with E-state index in [0.29, 0.717) is 153 Å². The molecule has 0 saturated carbocycles. The monoisotopic (exact) mass is 1430 g/mol. The van der Waals surface area contributed by atoms with Gasteiger partial charge in [0.25, 0.3) is 11.8 Å². The van der Waals surface area contributed by atoms with Gasteiger partial charge in [0.05, 0.1) is 97.3 Å². The van der Waals surface area contributed by atoms with Crippen molar-refractivity contribution in [3.05, 3.63) is 191 Å². The number of aryl methyl sites for hydroxylation is 1. The van der Waals surface area contributed by atoms with Crippen LogP contribution in [-0.2, 0) is 44.4 Å². The van der Waals surface area contributed by atoms with E-state index in [0.717, 1.165) is 22.0 Å². The summed E-state index contributed by atoms with van der Waals surface area (Å²) in [6.07, 6.45) is 10.7. The first kappa shape index (κ1) is 79.5. The highest BCUT2D eigenvalue weighted by Crippen LogP contribution is 2.27. The number of hydrogen-bond acceptors (Lipinski definition) is 19. The quantitative estimate of drug-likeness (QED) is 0.0185. The van der Waals surface area contributed by atoms with Gasteiger partial charge in [0.2, 0.25) is 5.91 Å². The number of rotatable bonds is 34. The summed E-state index contributed by atoms with van der Waals surface area (Å²) >= 11 is 0. The summed E-state index contributed by atoms with van der Waals surface area (Å²) in [5, 5.41) is 17.9. The molecule has 0 radical (unpaired) electrons. The predicted molar refractivity (Wildman–Crippen MR) is 395 cm³/mol. The number of hydrogen-bond donors (Lipinski definition) is 5. The number of aromatic nitrogens is 7. The number of methoxy groups -OCH3 is 1. The van der Waals surface area contributed by atoms with Crippen LogP contribution in [0.1, 0.15) is 136 Å². The van der Waals surface area contributed by atoms with Gasteiger partial charge in [-0.15, -0.1) is 0 Å². The standard InChI is InChI=1S/C30H38N4O7.C27H34N4O7.C21H22N2O2/c1-30(2,3)28(35)26-20-34-19-22(5-8-27(34)33-26)31-29(36)25-18-21-17-23(6-7-24(21)32-25)41-16-15-40-14-13-39-12-11-38-10-9-37-4;1-27(2,3)25(34)22-17-31-16-21(8-9-23(31)30-22)29-26(35)19-4-6-20(7-5-19)28-24(33)18-38-15-14-37-13-12-36-11-10-32;1-14-5-8-16(9-6-14)18(24)11-15-7-10-19-22-17(13-23(19)12-15)20(25)21(2,3)4/h5-8,17-20,32H,9-16H2,1-4H3,(H,31,36);4-9,16-17,32H,10-15,18H2,1-3H3,(H,28,33)(H,29,35);5-10,12-13H,11H2,1-4H3. The van der Waals surface area contributed by atoms with E-state index >= 15 is 0 Å². The molecule has 7 aromatic heterocycles. The van der Waals surface area contributed by atoms with Crippen LogP contribution in [0.3, 0.4) is 0 Å². The van der Waals surface area contributed by atoms with Crippen molar-refractivity contribution in [3.63, 3.8) is 0 Å². The van der Waals surface area contributed by atoms with Crippen molar-refractivity contribution in [2.24, 2.45) is 16.2 Å². The third-order valence-corrected chi connectivity index (χ3v) is 15.6. The molecule has 0 spiro atoms. The molecule has 26 heteroatoms. The summed E-state index contributed by atoms with van der Waals surface area (Å²) in [5.74, 6) is -0.268. The molecule has 3 aromatic carbocycles. The van der Waals surface area contributed by atoms with E-state index < -0.39 is 16.2 Å². The van der Waals surface area contributed by atoms with Gasteiger partial charge in [-0.2, -0.15) is 0 Å². The van der Waals surface area contributed by atoms with Crippen LogP contribution in [0.5, 0.6) is 5.75 Å². The number of anilines is 3. The number of aliphatic hydroxyl groups excluding tert-OH is 1. The number of amides is 3. The predicted octanol–water partition coefficient (Wildman–Crippen LogP) is 11.5. The highest BCUT2D eigenvalue weighted by atomic mass is 16.6. The number of Topliss-reactive ketones (excluding diaryl/α,β-unsaturated/α-hetero) is 4. The molecule has 0 aliphatic carbocycles. The van der Waals surface area contributed by atoms with Gasteiger partial charge in [-0.05, 0) is 91.3 Å². The molecular weight excluding hydrogens is 1330 g/mol. The maximum absolute atomic E-state index is 13.0. The van der Waals surface area contributed by atoms with Crippen LogP contribution in [0.25, 0.3) is 27.8 Å². The average Bonchev–Trinajstić information content (AvgIpc) is 1.67. The fourth-order valence-corrected chi connectivity index (χ4v) is 9.98. The number of benzene rings is 3. The first-order valence-corrected chi connectivity index (χ1v) is 34.2. The Morgan fingerprint density at radius 3 is 1.39 bits per heavy atom. The number of ketones is 4. The first-order valence-electron chi connectivity index (χ1n) is 34.2. The fourth-order valence-electron chi connectivity index (χ4n) is 9.98. The summed E-state index contributed by atoms with van der Waals surface area (Å²) in [4.78, 5) is 104. The molecule has 0 unspecified atom stereocenters. The van der Waals surface area contributed by atoms with Crippen molar-refractivity contribution in [1.29, 1.82) is 0 Å². The Hall–Kier alpha value is -10.2. The smallest absolute Gasteiger partial charge is 0.272 e. The van der Waals surface area contributed by atoms with Crippen LogP contribution in [-0.4, -0.2) is 185 Å². The second-order valence-corrected chi connectivity index (χ2v) is 27.4. The number of carbonyl (C=O) groups is 7. The van der Waals surface area contributed by atoms with Gasteiger partial charge in [0.1, 0.15) is 58.7 Å². The van der Waals surface area contributed by atoms with E-state index in [-0.39, 0.29) is 67.3 Å². The van der Waals surface area contributed by atoms with Crippen molar-refractivity contribution < 1.29 is 76.6 Å². The summed E-state index contributed by atoms with van der Waals surface area (Å²) in [7, 11) is 1.64. The van der Waals surface area contributed by atoms with Gasteiger partial charge < -0.3 is 77.1 Å². The number of aliphatic hydroxyl groups is 1. The van der Waals surface area contributed by atoms with Crippen LogP contribution in [0.15, 0.2) is 146 Å². The average molecular weight is 1430 g/mol. The topological polar surface area (TPSA) is 317 Å². The summed E-state index contributed by atoms with van der Waals surface area (Å²) in [6, 6.07) is 32.1. The van der Waals surface area contributed by atoms with Gasteiger partial charge in [0.15, 0.2) is 23.1 Å². The minimum atomic E-state index is -0.542. The van der Waals surface area contributed by atoms with E-state index in [2.05, 4.69) is 35.9 Å². The Labute approximate surface area is 604 Å². The number of imidazole rings is 3. The number of nitrogens with zero attached hydrogens (tertiary/aromatic N) is 6. The maximum Gasteiger partial charge on any atom is 0.272 e. The molecule has 104 heavy (non-hydrogen) atoms. The van der Waals surface area contributed by atoms with Gasteiger partial charge >= 0.3 is 0 Å². The fraction of sp³-hybridized carbons (Fsp3) is 0.385. The van der Waals surface area contributed by atoms with Crippen LogP contribution in [0.2, 0.25) is 0 Å². The molecule has 10 aromatic rings. The van der Waals surface area contributed by atoms with Crippen LogP contribution in [0, 0.1) is 23.2 Å². The van der Waals surface area contributed by atoms with Gasteiger partial charge in [-0.25, -0.2) is 15.0 Å². The number of H-pyrrole nitrogens is 1. The maximum atomic E-state index is 13.0. The molecule has 26 nitrogen and oxygen atoms in total. The molecule has 0 atom stereocenters. The minimum Gasteiger partial charge on any atom is -0.491 e. The molecule has 0 aliphatic heterocycles. The molecular formula is C78H94N10O16. The second kappa shape index (κ2) is 37.8. The zero-order chi connectivity index (χ0) is 75.0. The largest absolute Gasteiger partial charge is 0.491 e. The molecule has 3 amide bonds. The molecule has 0 saturated heterocycles. The highest BCUT2D eigenvalue weighted by Gasteiger charge is 2.28. The van der Waals surface area contributed by atoms with Gasteiger partial charge in [-0.1, -0.05) is 98.2 Å². The highest BCUT2D eigenvalue weighted by molar-refractivity contribution is 6.07.